The lowest BCUT2D eigenvalue weighted by Gasteiger charge is -2.12. The molecule has 0 aliphatic rings. The van der Waals surface area contributed by atoms with Gasteiger partial charge in [0.05, 0.1) is 7.11 Å². The van der Waals surface area contributed by atoms with Gasteiger partial charge in [-0.1, -0.05) is 13.8 Å². The van der Waals surface area contributed by atoms with Crippen molar-refractivity contribution in [2.75, 3.05) is 12.4 Å². The van der Waals surface area contributed by atoms with Crippen LogP contribution in [0.25, 0.3) is 0 Å². The Bertz CT molecular complexity index is 488. The van der Waals surface area contributed by atoms with Crippen molar-refractivity contribution in [3.05, 3.63) is 36.7 Å². The molecule has 0 atom stereocenters. The Hall–Kier alpha value is -1.97. The second kappa shape index (κ2) is 5.58. The van der Waals surface area contributed by atoms with E-state index in [-0.39, 0.29) is 0 Å². The normalized spacial score (nSPS) is 10.7. The van der Waals surface area contributed by atoms with Crippen LogP contribution in [-0.4, -0.2) is 16.7 Å². The van der Waals surface area contributed by atoms with Gasteiger partial charge in [-0.2, -0.15) is 0 Å². The van der Waals surface area contributed by atoms with Gasteiger partial charge < -0.3 is 14.6 Å². The third-order valence-electron chi connectivity index (χ3n) is 2.62. The minimum Gasteiger partial charge on any atom is -0.497 e. The van der Waals surface area contributed by atoms with Gasteiger partial charge in [0.25, 0.3) is 0 Å². The molecule has 0 spiro atoms. The summed E-state index contributed by atoms with van der Waals surface area (Å²) in [6.07, 6.45) is 3.81. The van der Waals surface area contributed by atoms with Crippen LogP contribution in [0.1, 0.15) is 13.8 Å². The van der Waals surface area contributed by atoms with Crippen LogP contribution in [0.2, 0.25) is 0 Å². The van der Waals surface area contributed by atoms with Gasteiger partial charge in [-0.3, -0.25) is 0 Å². The van der Waals surface area contributed by atoms with Crippen molar-refractivity contribution in [3.63, 3.8) is 0 Å². The molecule has 0 aliphatic heterocycles. The number of hydrogen-bond acceptors (Lipinski definition) is 3. The molecular weight excluding hydrogens is 226 g/mol. The summed E-state index contributed by atoms with van der Waals surface area (Å²) in [4.78, 5) is 4.33. The van der Waals surface area contributed by atoms with Gasteiger partial charge in [-0.15, -0.1) is 0 Å². The number of nitrogens with zero attached hydrogens (tertiary/aromatic N) is 2. The molecule has 0 unspecified atom stereocenters. The molecule has 1 aromatic carbocycles. The summed E-state index contributed by atoms with van der Waals surface area (Å²) in [5.74, 6) is 2.32. The van der Waals surface area contributed by atoms with E-state index < -0.39 is 0 Å². The van der Waals surface area contributed by atoms with Crippen molar-refractivity contribution >= 4 is 11.6 Å². The zero-order chi connectivity index (χ0) is 13.0. The molecule has 0 aliphatic carbocycles. The molecule has 2 aromatic rings. The van der Waals surface area contributed by atoms with Crippen LogP contribution in [0.15, 0.2) is 36.7 Å². The second-order valence-corrected chi connectivity index (χ2v) is 4.65. The summed E-state index contributed by atoms with van der Waals surface area (Å²) >= 11 is 0. The standard InChI is InChI=1S/C14H19N3O/c1-11(2)10-17-9-8-15-14(17)16-12-4-6-13(18-3)7-5-12/h4-9,11H,10H2,1-3H3,(H,15,16). The molecule has 1 aromatic heterocycles. The molecule has 2 rings (SSSR count). The molecular formula is C14H19N3O. The van der Waals surface area contributed by atoms with E-state index in [9.17, 15) is 0 Å². The van der Waals surface area contributed by atoms with Crippen LogP contribution in [0.4, 0.5) is 11.6 Å². The number of rotatable bonds is 5. The number of nitrogens with one attached hydrogen (secondary N) is 1. The average Bonchev–Trinajstić information content (AvgIpc) is 2.77. The maximum Gasteiger partial charge on any atom is 0.207 e. The first-order valence-electron chi connectivity index (χ1n) is 6.11. The Labute approximate surface area is 108 Å². The molecule has 1 N–H and O–H groups in total. The first kappa shape index (κ1) is 12.5. The summed E-state index contributed by atoms with van der Waals surface area (Å²) < 4.78 is 7.25. The smallest absolute Gasteiger partial charge is 0.207 e. The maximum absolute atomic E-state index is 5.13. The SMILES string of the molecule is COc1ccc(Nc2nccn2CC(C)C)cc1. The molecule has 96 valence electrons. The van der Waals surface area contributed by atoms with Crippen molar-refractivity contribution in [1.29, 1.82) is 0 Å². The quantitative estimate of drug-likeness (QED) is 0.878. The van der Waals surface area contributed by atoms with Crippen LogP contribution >= 0.6 is 0 Å². The Morgan fingerprint density at radius 3 is 2.61 bits per heavy atom. The second-order valence-electron chi connectivity index (χ2n) is 4.65. The zero-order valence-electron chi connectivity index (χ0n) is 11.1. The fraction of sp³-hybridized carbons (Fsp3) is 0.357. The van der Waals surface area contributed by atoms with Gasteiger partial charge in [0.1, 0.15) is 5.75 Å². The molecule has 0 radical (unpaired) electrons. The molecule has 0 saturated heterocycles. The number of methoxy groups -OCH3 is 1. The van der Waals surface area contributed by atoms with Crippen LogP contribution in [-0.2, 0) is 6.54 Å². The zero-order valence-corrected chi connectivity index (χ0v) is 11.1. The van der Waals surface area contributed by atoms with E-state index >= 15 is 0 Å². The van der Waals surface area contributed by atoms with E-state index in [1.165, 1.54) is 0 Å². The highest BCUT2D eigenvalue weighted by atomic mass is 16.5. The van der Waals surface area contributed by atoms with Gasteiger partial charge in [0, 0.05) is 24.6 Å². The molecule has 4 heteroatoms. The van der Waals surface area contributed by atoms with Crippen molar-refractivity contribution in [2.24, 2.45) is 5.92 Å². The first-order valence-corrected chi connectivity index (χ1v) is 6.11. The lowest BCUT2D eigenvalue weighted by atomic mass is 10.2. The fourth-order valence-electron chi connectivity index (χ4n) is 1.78. The predicted octanol–water partition coefficient (Wildman–Crippen LogP) is 3.29. The Balaban J connectivity index is 2.10. The summed E-state index contributed by atoms with van der Waals surface area (Å²) in [6, 6.07) is 7.82. The molecule has 0 amide bonds. The maximum atomic E-state index is 5.13. The Morgan fingerprint density at radius 1 is 1.28 bits per heavy atom. The van der Waals surface area contributed by atoms with Crippen LogP contribution in [0.5, 0.6) is 5.75 Å². The molecule has 0 fully saturated rings. The van der Waals surface area contributed by atoms with Crippen molar-refractivity contribution in [3.8, 4) is 5.75 Å². The number of anilines is 2. The Morgan fingerprint density at radius 2 is 2.00 bits per heavy atom. The van der Waals surface area contributed by atoms with E-state index in [2.05, 4.69) is 28.7 Å². The molecule has 0 saturated carbocycles. The third kappa shape index (κ3) is 3.03. The van der Waals surface area contributed by atoms with Crippen molar-refractivity contribution in [1.82, 2.24) is 9.55 Å². The minimum absolute atomic E-state index is 0.593. The predicted molar refractivity (Wildman–Crippen MR) is 73.3 cm³/mol. The highest BCUT2D eigenvalue weighted by Gasteiger charge is 2.04. The lowest BCUT2D eigenvalue weighted by molar-refractivity contribution is 0.415. The molecule has 4 nitrogen and oxygen atoms in total. The lowest BCUT2D eigenvalue weighted by Crippen LogP contribution is -2.07. The van der Waals surface area contributed by atoms with E-state index in [1.807, 2.05) is 36.7 Å². The largest absolute Gasteiger partial charge is 0.497 e. The van der Waals surface area contributed by atoms with Gasteiger partial charge in [-0.25, -0.2) is 4.98 Å². The monoisotopic (exact) mass is 245 g/mol. The van der Waals surface area contributed by atoms with E-state index in [4.69, 9.17) is 4.74 Å². The first-order chi connectivity index (χ1) is 8.69. The minimum atomic E-state index is 0.593. The summed E-state index contributed by atoms with van der Waals surface area (Å²) in [7, 11) is 1.66. The van der Waals surface area contributed by atoms with E-state index in [0.717, 1.165) is 23.9 Å². The van der Waals surface area contributed by atoms with Crippen molar-refractivity contribution < 1.29 is 4.74 Å². The molecule has 0 bridgehead atoms. The summed E-state index contributed by atoms with van der Waals surface area (Å²) in [6.45, 7) is 5.34. The third-order valence-corrected chi connectivity index (χ3v) is 2.62. The summed E-state index contributed by atoms with van der Waals surface area (Å²) in [5.41, 5.74) is 1.01. The fourth-order valence-corrected chi connectivity index (χ4v) is 1.78. The topological polar surface area (TPSA) is 39.1 Å². The van der Waals surface area contributed by atoms with Gasteiger partial charge >= 0.3 is 0 Å². The van der Waals surface area contributed by atoms with Crippen LogP contribution in [0.3, 0.4) is 0 Å². The van der Waals surface area contributed by atoms with Crippen LogP contribution in [0, 0.1) is 5.92 Å². The number of hydrogen-bond donors (Lipinski definition) is 1. The van der Waals surface area contributed by atoms with Gasteiger partial charge in [0.15, 0.2) is 0 Å². The Kier molecular flexibility index (Phi) is 3.87. The summed E-state index contributed by atoms with van der Waals surface area (Å²) in [5, 5.41) is 3.31. The number of ether oxygens (including phenoxy) is 1. The molecule has 18 heavy (non-hydrogen) atoms. The number of imidazole rings is 1. The number of benzene rings is 1. The van der Waals surface area contributed by atoms with E-state index in [1.54, 1.807) is 7.11 Å². The number of aromatic nitrogens is 2. The highest BCUT2D eigenvalue weighted by molar-refractivity contribution is 5.54. The van der Waals surface area contributed by atoms with Gasteiger partial charge in [-0.05, 0) is 30.2 Å². The van der Waals surface area contributed by atoms with Gasteiger partial charge in [0.2, 0.25) is 5.95 Å². The average molecular weight is 245 g/mol. The van der Waals surface area contributed by atoms with Crippen molar-refractivity contribution in [2.45, 2.75) is 20.4 Å². The van der Waals surface area contributed by atoms with E-state index in [0.29, 0.717) is 5.92 Å². The molecule has 1 heterocycles. The highest BCUT2D eigenvalue weighted by Crippen LogP contribution is 2.19. The van der Waals surface area contributed by atoms with Crippen LogP contribution < -0.4 is 10.1 Å².